The van der Waals surface area contributed by atoms with E-state index in [1.54, 1.807) is 23.1 Å². The molecule has 0 aliphatic carbocycles. The smallest absolute Gasteiger partial charge is 0.247 e. The fraction of sp³-hybridized carbons (Fsp3) is 0.350. The van der Waals surface area contributed by atoms with Gasteiger partial charge in [-0.1, -0.05) is 29.8 Å². The second-order valence-corrected chi connectivity index (χ2v) is 8.88. The summed E-state index contributed by atoms with van der Waals surface area (Å²) in [6, 6.07) is 11.9. The maximum atomic E-state index is 13.1. The van der Waals surface area contributed by atoms with Crippen LogP contribution in [0, 0.1) is 0 Å². The number of rotatable bonds is 6. The Balaban J connectivity index is 1.70. The number of methoxy groups -OCH3 is 2. The molecule has 1 fully saturated rings. The van der Waals surface area contributed by atoms with E-state index in [2.05, 4.69) is 0 Å². The number of sulfonamides is 1. The number of hydrogen-bond acceptors (Lipinski definition) is 5. The van der Waals surface area contributed by atoms with Gasteiger partial charge in [0.1, 0.15) is 16.4 Å². The molecule has 1 aliphatic rings. The molecular formula is C20H23ClN2O5S. The van der Waals surface area contributed by atoms with Crippen LogP contribution >= 0.6 is 11.6 Å². The fourth-order valence-corrected chi connectivity index (χ4v) is 5.01. The zero-order valence-electron chi connectivity index (χ0n) is 16.3. The Morgan fingerprint density at radius 1 is 1.03 bits per heavy atom. The number of halogens is 1. The highest BCUT2D eigenvalue weighted by atomic mass is 35.5. The first-order valence-corrected chi connectivity index (χ1v) is 10.9. The Hall–Kier alpha value is -2.29. The highest BCUT2D eigenvalue weighted by Crippen LogP contribution is 2.31. The summed E-state index contributed by atoms with van der Waals surface area (Å²) in [7, 11) is -0.886. The van der Waals surface area contributed by atoms with E-state index in [0.717, 1.165) is 5.56 Å². The van der Waals surface area contributed by atoms with Crippen molar-refractivity contribution in [3.05, 3.63) is 53.1 Å². The van der Waals surface area contributed by atoms with Crippen molar-refractivity contribution in [3.63, 3.8) is 0 Å². The number of carbonyl (C=O) groups excluding carboxylic acids is 1. The lowest BCUT2D eigenvalue weighted by atomic mass is 10.1. The van der Waals surface area contributed by atoms with Gasteiger partial charge < -0.3 is 14.4 Å². The topological polar surface area (TPSA) is 76.2 Å². The molecule has 0 aromatic heterocycles. The molecule has 0 bridgehead atoms. The molecule has 9 heteroatoms. The summed E-state index contributed by atoms with van der Waals surface area (Å²) in [5, 5.41) is 0.548. The van der Waals surface area contributed by atoms with E-state index in [0.29, 0.717) is 23.9 Å². The number of benzene rings is 2. The molecule has 1 heterocycles. The van der Waals surface area contributed by atoms with Crippen molar-refractivity contribution < 1.29 is 22.7 Å². The average Bonchev–Trinajstić information content (AvgIpc) is 2.74. The van der Waals surface area contributed by atoms with E-state index in [1.165, 1.54) is 24.6 Å². The molecule has 0 saturated carbocycles. The van der Waals surface area contributed by atoms with Crippen LogP contribution in [0.4, 0.5) is 0 Å². The lowest BCUT2D eigenvalue weighted by Crippen LogP contribution is -2.50. The lowest BCUT2D eigenvalue weighted by molar-refractivity contribution is -0.131. The molecule has 2 aromatic carbocycles. The van der Waals surface area contributed by atoms with Crippen LogP contribution in [0.2, 0.25) is 5.02 Å². The first-order valence-electron chi connectivity index (χ1n) is 9.10. The first-order chi connectivity index (χ1) is 13.9. The predicted octanol–water partition coefficient (Wildman–Crippen LogP) is 2.43. The number of hydrogen-bond donors (Lipinski definition) is 0. The number of carbonyl (C=O) groups is 1. The molecule has 0 unspecified atom stereocenters. The van der Waals surface area contributed by atoms with Crippen LogP contribution in [0.3, 0.4) is 0 Å². The van der Waals surface area contributed by atoms with Crippen LogP contribution in [0.1, 0.15) is 5.56 Å². The maximum Gasteiger partial charge on any atom is 0.247 e. The van der Waals surface area contributed by atoms with Crippen molar-refractivity contribution in [1.29, 1.82) is 0 Å². The van der Waals surface area contributed by atoms with Gasteiger partial charge >= 0.3 is 0 Å². The number of ether oxygens (including phenoxy) is 2. The van der Waals surface area contributed by atoms with Crippen LogP contribution in [0.5, 0.6) is 11.5 Å². The summed E-state index contributed by atoms with van der Waals surface area (Å²) in [6.07, 6.45) is 0.191. The van der Waals surface area contributed by atoms with Gasteiger partial charge in [0.05, 0.1) is 20.6 Å². The molecule has 3 rings (SSSR count). The second-order valence-electron chi connectivity index (χ2n) is 6.57. The van der Waals surface area contributed by atoms with E-state index < -0.39 is 10.0 Å². The van der Waals surface area contributed by atoms with Gasteiger partial charge in [0, 0.05) is 37.3 Å². The number of amides is 1. The maximum absolute atomic E-state index is 13.1. The van der Waals surface area contributed by atoms with Crippen LogP contribution in [0.25, 0.3) is 0 Å². The monoisotopic (exact) mass is 438 g/mol. The lowest BCUT2D eigenvalue weighted by Gasteiger charge is -2.34. The van der Waals surface area contributed by atoms with Crippen molar-refractivity contribution in [2.24, 2.45) is 0 Å². The molecule has 0 atom stereocenters. The molecule has 29 heavy (non-hydrogen) atoms. The minimum absolute atomic E-state index is 0.0511. The Morgan fingerprint density at radius 2 is 1.72 bits per heavy atom. The van der Waals surface area contributed by atoms with Gasteiger partial charge in [0.15, 0.2) is 0 Å². The summed E-state index contributed by atoms with van der Waals surface area (Å²) >= 11 is 6.13. The summed E-state index contributed by atoms with van der Waals surface area (Å²) in [4.78, 5) is 14.3. The molecule has 0 N–H and O–H groups in total. The van der Waals surface area contributed by atoms with Gasteiger partial charge in [0.25, 0.3) is 0 Å². The summed E-state index contributed by atoms with van der Waals surface area (Å²) in [5.74, 6) is 0.607. The molecule has 0 spiro atoms. The van der Waals surface area contributed by atoms with Crippen molar-refractivity contribution in [1.82, 2.24) is 9.21 Å². The van der Waals surface area contributed by atoms with Gasteiger partial charge in [0.2, 0.25) is 15.9 Å². The normalized spacial score (nSPS) is 15.2. The average molecular weight is 439 g/mol. The standard InChI is InChI=1S/C20H23ClN2O5S/c1-27-16-7-8-18(28-2)19(14-16)29(25,26)23-11-9-22(10-12-23)20(24)13-15-5-3-4-6-17(15)21/h3-8,14H,9-13H2,1-2H3. The van der Waals surface area contributed by atoms with Crippen LogP contribution in [-0.2, 0) is 21.2 Å². The first kappa shape index (κ1) is 21.4. The summed E-state index contributed by atoms with van der Waals surface area (Å²) in [5.41, 5.74) is 0.760. The van der Waals surface area contributed by atoms with E-state index >= 15 is 0 Å². The fourth-order valence-electron chi connectivity index (χ4n) is 3.22. The zero-order valence-corrected chi connectivity index (χ0v) is 17.9. The third-order valence-corrected chi connectivity index (χ3v) is 7.17. The third-order valence-electron chi connectivity index (χ3n) is 4.88. The van der Waals surface area contributed by atoms with E-state index in [9.17, 15) is 13.2 Å². The largest absolute Gasteiger partial charge is 0.497 e. The minimum Gasteiger partial charge on any atom is -0.497 e. The van der Waals surface area contributed by atoms with Crippen molar-refractivity contribution in [2.45, 2.75) is 11.3 Å². The van der Waals surface area contributed by atoms with Gasteiger partial charge in [-0.15, -0.1) is 0 Å². The molecule has 0 radical (unpaired) electrons. The second kappa shape index (κ2) is 9.02. The van der Waals surface area contributed by atoms with Gasteiger partial charge in [-0.05, 0) is 23.8 Å². The molecule has 1 aliphatic heterocycles. The predicted molar refractivity (Wildman–Crippen MR) is 110 cm³/mol. The molecule has 1 amide bonds. The van der Waals surface area contributed by atoms with E-state index in [-0.39, 0.29) is 36.1 Å². The third kappa shape index (κ3) is 4.66. The van der Waals surface area contributed by atoms with Crippen molar-refractivity contribution in [2.75, 3.05) is 40.4 Å². The quantitative estimate of drug-likeness (QED) is 0.692. The molecule has 1 saturated heterocycles. The highest BCUT2D eigenvalue weighted by Gasteiger charge is 2.32. The molecule has 156 valence electrons. The van der Waals surface area contributed by atoms with Gasteiger partial charge in [-0.25, -0.2) is 8.42 Å². The highest BCUT2D eigenvalue weighted by molar-refractivity contribution is 7.89. The van der Waals surface area contributed by atoms with Crippen LogP contribution in [0.15, 0.2) is 47.4 Å². The molecule has 2 aromatic rings. The SMILES string of the molecule is COc1ccc(OC)c(S(=O)(=O)N2CCN(C(=O)Cc3ccccc3Cl)CC2)c1. The van der Waals surface area contributed by atoms with E-state index in [4.69, 9.17) is 21.1 Å². The van der Waals surface area contributed by atoms with Crippen LogP contribution in [-0.4, -0.2) is 63.9 Å². The van der Waals surface area contributed by atoms with Crippen molar-refractivity contribution in [3.8, 4) is 11.5 Å². The van der Waals surface area contributed by atoms with Crippen molar-refractivity contribution >= 4 is 27.5 Å². The minimum atomic E-state index is -3.78. The Bertz CT molecular complexity index is 988. The Labute approximate surface area is 175 Å². The van der Waals surface area contributed by atoms with Gasteiger partial charge in [-0.3, -0.25) is 4.79 Å². The molecular weight excluding hydrogens is 416 g/mol. The summed E-state index contributed by atoms with van der Waals surface area (Å²) in [6.45, 7) is 1.04. The molecule has 7 nitrogen and oxygen atoms in total. The number of piperazine rings is 1. The Kier molecular flexibility index (Phi) is 6.66. The van der Waals surface area contributed by atoms with E-state index in [1.807, 2.05) is 18.2 Å². The Morgan fingerprint density at radius 3 is 2.34 bits per heavy atom. The number of nitrogens with zero attached hydrogens (tertiary/aromatic N) is 2. The van der Waals surface area contributed by atoms with Crippen LogP contribution < -0.4 is 9.47 Å². The van der Waals surface area contributed by atoms with Gasteiger partial charge in [-0.2, -0.15) is 4.31 Å². The zero-order chi connectivity index (χ0) is 21.0. The summed E-state index contributed by atoms with van der Waals surface area (Å²) < 4.78 is 38.0.